The van der Waals surface area contributed by atoms with Crippen molar-refractivity contribution >= 4 is 37.3 Å². The largest absolute Gasteiger partial charge is 0.494 e. The average molecular weight is 623 g/mol. The number of H-pyrrole nitrogens is 2. The maximum absolute atomic E-state index is 12.9. The summed E-state index contributed by atoms with van der Waals surface area (Å²) in [6.07, 6.45) is 3.74. The van der Waals surface area contributed by atoms with Gasteiger partial charge in [-0.25, -0.2) is 13.4 Å². The van der Waals surface area contributed by atoms with Crippen molar-refractivity contribution < 1.29 is 23.4 Å². The second-order valence-corrected chi connectivity index (χ2v) is 13.6. The quantitative estimate of drug-likeness (QED) is 0.133. The molecule has 3 aromatic heterocycles. The van der Waals surface area contributed by atoms with E-state index in [2.05, 4.69) is 20.3 Å². The number of pyridine rings is 1. The number of hydrogen-bond donors (Lipinski definition) is 5. The van der Waals surface area contributed by atoms with Crippen molar-refractivity contribution in [3.8, 4) is 23.0 Å². The number of nitrogens with zero attached hydrogens (tertiary/aromatic N) is 3. The molecular formula is C31H38N6O6S. The van der Waals surface area contributed by atoms with E-state index < -0.39 is 15.9 Å². The standard InChI is InChI=1S/C31H38N6O6S/c1-19-5-6-27(20(2)13-19)43-18-22(38)16-33-24-7-8-32-30(39)28(24)29-34-25-14-21-17-37(31(40)23(21)15-26(25)35-29)10-9-36(3)11-12-44(4,41)42/h5-8,13-15,17,22,38,40H,9-12,16,18H2,1-4H3,(H,34,35)(H2,32,33,39)/t22-/m1/s1. The van der Waals surface area contributed by atoms with Crippen LogP contribution in [0.15, 0.2) is 53.6 Å². The molecule has 0 spiro atoms. The molecule has 0 saturated carbocycles. The first-order chi connectivity index (χ1) is 20.9. The average Bonchev–Trinajstić information content (AvgIpc) is 3.51. The molecule has 44 heavy (non-hydrogen) atoms. The summed E-state index contributed by atoms with van der Waals surface area (Å²) in [7, 11) is -1.21. The summed E-state index contributed by atoms with van der Waals surface area (Å²) in [4.78, 5) is 25.4. The Balaban J connectivity index is 1.30. The number of aliphatic hydroxyl groups excluding tert-OH is 1. The molecule has 234 valence electrons. The minimum Gasteiger partial charge on any atom is -0.494 e. The number of rotatable bonds is 13. The summed E-state index contributed by atoms with van der Waals surface area (Å²) >= 11 is 0. The number of aliphatic hydroxyl groups is 1. The highest BCUT2D eigenvalue weighted by atomic mass is 32.2. The number of hydrogen-bond acceptors (Lipinski definition) is 9. The Morgan fingerprint density at radius 2 is 1.95 bits per heavy atom. The van der Waals surface area contributed by atoms with Crippen molar-refractivity contribution in [2.75, 3.05) is 50.6 Å². The fourth-order valence-corrected chi connectivity index (χ4v) is 5.70. The lowest BCUT2D eigenvalue weighted by Gasteiger charge is -2.16. The monoisotopic (exact) mass is 622 g/mol. The van der Waals surface area contributed by atoms with E-state index in [4.69, 9.17) is 4.74 Å². The summed E-state index contributed by atoms with van der Waals surface area (Å²) < 4.78 is 30.4. The zero-order chi connectivity index (χ0) is 31.6. The lowest BCUT2D eigenvalue weighted by molar-refractivity contribution is 0.117. The van der Waals surface area contributed by atoms with Crippen molar-refractivity contribution in [2.24, 2.45) is 0 Å². The Labute approximate surface area is 255 Å². The summed E-state index contributed by atoms with van der Waals surface area (Å²) in [5.41, 5.74) is 3.82. The highest BCUT2D eigenvalue weighted by molar-refractivity contribution is 7.90. The minimum atomic E-state index is -3.05. The Bertz CT molecular complexity index is 1960. The van der Waals surface area contributed by atoms with Crippen LogP contribution in [-0.4, -0.2) is 94.5 Å². The molecule has 2 aromatic carbocycles. The van der Waals surface area contributed by atoms with Crippen molar-refractivity contribution in [3.05, 3.63) is 70.3 Å². The number of fused-ring (bicyclic) bond motifs is 2. The van der Waals surface area contributed by atoms with Crippen LogP contribution < -0.4 is 15.6 Å². The number of benzene rings is 2. The van der Waals surface area contributed by atoms with E-state index in [1.807, 2.05) is 56.3 Å². The van der Waals surface area contributed by atoms with E-state index in [0.717, 1.165) is 16.5 Å². The van der Waals surface area contributed by atoms with Gasteiger partial charge in [0.25, 0.3) is 5.56 Å². The lowest BCUT2D eigenvalue weighted by atomic mass is 10.1. The molecule has 5 N–H and O–H groups in total. The van der Waals surface area contributed by atoms with Gasteiger partial charge >= 0.3 is 0 Å². The van der Waals surface area contributed by atoms with Crippen LogP contribution in [0.4, 0.5) is 5.69 Å². The molecule has 0 fully saturated rings. The molecule has 0 unspecified atom stereocenters. The highest BCUT2D eigenvalue weighted by Crippen LogP contribution is 2.32. The van der Waals surface area contributed by atoms with E-state index in [-0.39, 0.29) is 30.3 Å². The first kappa shape index (κ1) is 31.1. The van der Waals surface area contributed by atoms with Gasteiger partial charge in [0.15, 0.2) is 5.88 Å². The van der Waals surface area contributed by atoms with Gasteiger partial charge in [-0.1, -0.05) is 17.7 Å². The second-order valence-electron chi connectivity index (χ2n) is 11.3. The highest BCUT2D eigenvalue weighted by Gasteiger charge is 2.18. The molecule has 0 amide bonds. The van der Waals surface area contributed by atoms with Gasteiger partial charge in [0, 0.05) is 55.6 Å². The molecule has 1 atom stereocenters. The van der Waals surface area contributed by atoms with Crippen molar-refractivity contribution in [3.63, 3.8) is 0 Å². The fraction of sp³-hybridized carbons (Fsp3) is 0.355. The second kappa shape index (κ2) is 12.7. The number of nitrogens with one attached hydrogen (secondary N) is 3. The van der Waals surface area contributed by atoms with Crippen LogP contribution >= 0.6 is 0 Å². The minimum absolute atomic E-state index is 0.0755. The molecule has 0 aliphatic rings. The van der Waals surface area contributed by atoms with Gasteiger partial charge < -0.3 is 39.7 Å². The molecule has 5 aromatic rings. The number of ether oxygens (including phenoxy) is 1. The number of aromatic hydroxyl groups is 1. The Morgan fingerprint density at radius 1 is 1.16 bits per heavy atom. The number of aromatic nitrogens is 4. The molecule has 3 heterocycles. The zero-order valence-electron chi connectivity index (χ0n) is 25.2. The van der Waals surface area contributed by atoms with Crippen LogP contribution in [0.25, 0.3) is 33.2 Å². The number of aryl methyl sites for hydroxylation is 2. The lowest BCUT2D eigenvalue weighted by Crippen LogP contribution is -2.28. The molecule has 0 aliphatic heterocycles. The number of likely N-dealkylation sites (N-methyl/N-ethyl adjacent to an activating group) is 1. The maximum atomic E-state index is 12.9. The third-order valence-electron chi connectivity index (χ3n) is 7.51. The first-order valence-electron chi connectivity index (χ1n) is 14.3. The molecule has 13 heteroatoms. The van der Waals surface area contributed by atoms with Gasteiger partial charge in [0.2, 0.25) is 0 Å². The van der Waals surface area contributed by atoms with Gasteiger partial charge in [-0.2, -0.15) is 0 Å². The summed E-state index contributed by atoms with van der Waals surface area (Å²) in [6, 6.07) is 11.2. The van der Waals surface area contributed by atoms with Crippen molar-refractivity contribution in [1.82, 2.24) is 24.4 Å². The van der Waals surface area contributed by atoms with Crippen molar-refractivity contribution in [2.45, 2.75) is 26.5 Å². The first-order valence-corrected chi connectivity index (χ1v) is 16.4. The van der Waals surface area contributed by atoms with Gasteiger partial charge in [-0.15, -0.1) is 0 Å². The van der Waals surface area contributed by atoms with Gasteiger partial charge in [-0.3, -0.25) is 4.79 Å². The molecule has 12 nitrogen and oxygen atoms in total. The smallest absolute Gasteiger partial charge is 0.261 e. The van der Waals surface area contributed by atoms with Gasteiger partial charge in [-0.05, 0) is 50.7 Å². The summed E-state index contributed by atoms with van der Waals surface area (Å²) in [6.45, 7) is 5.63. The van der Waals surface area contributed by atoms with Crippen LogP contribution in [-0.2, 0) is 16.4 Å². The van der Waals surface area contributed by atoms with Crippen LogP contribution in [0.2, 0.25) is 0 Å². The van der Waals surface area contributed by atoms with Crippen LogP contribution in [0, 0.1) is 13.8 Å². The molecule has 0 saturated heterocycles. The van der Waals surface area contributed by atoms with E-state index >= 15 is 0 Å². The molecule has 0 bridgehead atoms. The van der Waals surface area contributed by atoms with E-state index in [0.29, 0.717) is 58.9 Å². The predicted molar refractivity (Wildman–Crippen MR) is 172 cm³/mol. The topological polar surface area (TPSA) is 166 Å². The van der Waals surface area contributed by atoms with Crippen LogP contribution in [0.3, 0.4) is 0 Å². The van der Waals surface area contributed by atoms with E-state index in [1.165, 1.54) is 12.5 Å². The predicted octanol–water partition coefficient (Wildman–Crippen LogP) is 3.02. The summed E-state index contributed by atoms with van der Waals surface area (Å²) in [5, 5.41) is 26.0. The summed E-state index contributed by atoms with van der Waals surface area (Å²) in [5.74, 6) is 1.21. The Kier molecular flexibility index (Phi) is 9.00. The van der Waals surface area contributed by atoms with Gasteiger partial charge in [0.1, 0.15) is 39.7 Å². The van der Waals surface area contributed by atoms with Crippen LogP contribution in [0.5, 0.6) is 11.6 Å². The maximum Gasteiger partial charge on any atom is 0.261 e. The Hall–Kier alpha value is -4.33. The van der Waals surface area contributed by atoms with E-state index in [1.54, 1.807) is 16.7 Å². The Morgan fingerprint density at radius 3 is 2.70 bits per heavy atom. The molecular weight excluding hydrogens is 584 g/mol. The molecule has 5 rings (SSSR count). The molecule has 0 radical (unpaired) electrons. The third kappa shape index (κ3) is 7.24. The number of imidazole rings is 1. The zero-order valence-corrected chi connectivity index (χ0v) is 26.0. The number of anilines is 1. The number of sulfone groups is 1. The normalized spacial score (nSPS) is 12.8. The number of aromatic amines is 2. The SMILES string of the molecule is Cc1ccc(OC[C@H](O)CNc2cc[nH]c(=O)c2-c2nc3cc4c(O)n(CCN(C)CCS(C)(=O)=O)cc4cc3[nH]2)c(C)c1. The fourth-order valence-electron chi connectivity index (χ4n) is 5.05. The van der Waals surface area contributed by atoms with E-state index in [9.17, 15) is 23.4 Å². The third-order valence-corrected chi connectivity index (χ3v) is 8.44. The van der Waals surface area contributed by atoms with Crippen molar-refractivity contribution in [1.29, 1.82) is 0 Å². The van der Waals surface area contributed by atoms with Crippen LogP contribution in [0.1, 0.15) is 11.1 Å². The van der Waals surface area contributed by atoms with Gasteiger partial charge in [0.05, 0.1) is 22.5 Å². The molecule has 0 aliphatic carbocycles.